The topological polar surface area (TPSA) is 50.2 Å². The third-order valence-electron chi connectivity index (χ3n) is 1.36. The number of aldehydes is 1. The van der Waals surface area contributed by atoms with Crippen LogP contribution in [0.1, 0.15) is 22.5 Å². The van der Waals surface area contributed by atoms with E-state index in [4.69, 9.17) is 5.11 Å². The van der Waals surface area contributed by atoms with Gasteiger partial charge in [-0.15, -0.1) is 0 Å². The maximum Gasteiger partial charge on any atom is 0.266 e. The van der Waals surface area contributed by atoms with E-state index < -0.39 is 29.4 Å². The summed E-state index contributed by atoms with van der Waals surface area (Å²) >= 11 is 0. The molecule has 0 aliphatic heterocycles. The molecule has 0 spiro atoms. The Labute approximate surface area is 70.8 Å². The van der Waals surface area contributed by atoms with Crippen LogP contribution in [-0.4, -0.2) is 16.4 Å². The number of aromatic nitrogens is 1. The molecule has 1 rings (SSSR count). The maximum absolute atomic E-state index is 12.4. The molecule has 70 valence electrons. The summed E-state index contributed by atoms with van der Waals surface area (Å²) in [6.45, 7) is 0. The van der Waals surface area contributed by atoms with Crippen LogP contribution in [0.3, 0.4) is 0 Å². The van der Waals surface area contributed by atoms with E-state index in [1.165, 1.54) is 0 Å². The first-order valence-electron chi connectivity index (χ1n) is 3.19. The van der Waals surface area contributed by atoms with Gasteiger partial charge in [0, 0.05) is 0 Å². The van der Waals surface area contributed by atoms with Crippen LogP contribution in [0.5, 0.6) is 5.75 Å². The second kappa shape index (κ2) is 3.42. The van der Waals surface area contributed by atoms with Gasteiger partial charge in [-0.2, -0.15) is 4.39 Å². The molecule has 13 heavy (non-hydrogen) atoms. The van der Waals surface area contributed by atoms with Crippen molar-refractivity contribution in [3.05, 3.63) is 23.3 Å². The molecule has 0 saturated carbocycles. The minimum atomic E-state index is -2.97. The number of carbonyl (C=O) groups excluding carboxylic acids is 1. The van der Waals surface area contributed by atoms with Gasteiger partial charge in [-0.1, -0.05) is 0 Å². The first-order chi connectivity index (χ1) is 6.06. The van der Waals surface area contributed by atoms with E-state index in [2.05, 4.69) is 4.98 Å². The highest BCUT2D eigenvalue weighted by Gasteiger charge is 2.17. The molecule has 0 aliphatic rings. The van der Waals surface area contributed by atoms with Crippen LogP contribution in [0, 0.1) is 5.95 Å². The Bertz CT molecular complexity index is 341. The van der Waals surface area contributed by atoms with Crippen LogP contribution in [0.25, 0.3) is 0 Å². The average Bonchev–Trinajstić information content (AvgIpc) is 2.08. The summed E-state index contributed by atoms with van der Waals surface area (Å²) in [4.78, 5) is 13.0. The summed E-state index contributed by atoms with van der Waals surface area (Å²) in [6, 6.07) is 0.483. The zero-order valence-corrected chi connectivity index (χ0v) is 6.17. The predicted octanol–water partition coefficient (Wildman–Crippen LogP) is 1.68. The summed E-state index contributed by atoms with van der Waals surface area (Å²) in [5.41, 5.74) is -1.49. The summed E-state index contributed by atoms with van der Waals surface area (Å²) in [6.07, 6.45) is -2.97. The molecule has 0 fully saturated rings. The number of aromatic hydroxyl groups is 1. The summed E-state index contributed by atoms with van der Waals surface area (Å²) in [5.74, 6) is -2.34. The summed E-state index contributed by atoms with van der Waals surface area (Å²) in [5, 5.41) is 8.68. The van der Waals surface area contributed by atoms with Gasteiger partial charge in [0.15, 0.2) is 12.0 Å². The maximum atomic E-state index is 12.4. The fourth-order valence-corrected chi connectivity index (χ4v) is 0.778. The van der Waals surface area contributed by atoms with Crippen molar-refractivity contribution >= 4 is 6.29 Å². The highest BCUT2D eigenvalue weighted by Crippen LogP contribution is 2.25. The van der Waals surface area contributed by atoms with Gasteiger partial charge in [-0.3, -0.25) is 4.79 Å². The van der Waals surface area contributed by atoms with Crippen molar-refractivity contribution in [1.82, 2.24) is 4.98 Å². The molecule has 0 amide bonds. The smallest absolute Gasteiger partial charge is 0.266 e. The number of carbonyl (C=O) groups is 1. The van der Waals surface area contributed by atoms with Crippen LogP contribution in [0.15, 0.2) is 6.07 Å². The van der Waals surface area contributed by atoms with E-state index >= 15 is 0 Å². The van der Waals surface area contributed by atoms with Gasteiger partial charge in [0.05, 0.1) is 5.56 Å². The van der Waals surface area contributed by atoms with Crippen LogP contribution in [-0.2, 0) is 0 Å². The molecule has 0 aliphatic carbocycles. The predicted molar refractivity (Wildman–Crippen MR) is 36.2 cm³/mol. The van der Waals surface area contributed by atoms with E-state index in [1.807, 2.05) is 0 Å². The first kappa shape index (κ1) is 9.50. The Kier molecular flexibility index (Phi) is 2.50. The third-order valence-corrected chi connectivity index (χ3v) is 1.36. The van der Waals surface area contributed by atoms with Crippen LogP contribution < -0.4 is 0 Å². The van der Waals surface area contributed by atoms with Crippen molar-refractivity contribution in [2.24, 2.45) is 0 Å². The highest BCUT2D eigenvalue weighted by atomic mass is 19.3. The number of nitrogens with zero attached hydrogens (tertiary/aromatic N) is 1. The van der Waals surface area contributed by atoms with Crippen LogP contribution in [0.2, 0.25) is 0 Å². The van der Waals surface area contributed by atoms with Gasteiger partial charge in [-0.05, 0) is 6.07 Å². The van der Waals surface area contributed by atoms with E-state index in [0.29, 0.717) is 6.07 Å². The molecule has 0 atom stereocenters. The van der Waals surface area contributed by atoms with E-state index in [0.717, 1.165) is 0 Å². The average molecular weight is 191 g/mol. The van der Waals surface area contributed by atoms with Crippen molar-refractivity contribution in [3.8, 4) is 5.75 Å². The number of hydrogen-bond donors (Lipinski definition) is 1. The van der Waals surface area contributed by atoms with Crippen molar-refractivity contribution in [3.63, 3.8) is 0 Å². The molecule has 1 N–H and O–H groups in total. The number of alkyl halides is 2. The second-order valence-corrected chi connectivity index (χ2v) is 2.19. The van der Waals surface area contributed by atoms with Crippen LogP contribution >= 0.6 is 0 Å². The van der Waals surface area contributed by atoms with Crippen molar-refractivity contribution in [2.45, 2.75) is 6.43 Å². The van der Waals surface area contributed by atoms with Gasteiger partial charge < -0.3 is 5.11 Å². The number of halogens is 3. The second-order valence-electron chi connectivity index (χ2n) is 2.19. The van der Waals surface area contributed by atoms with Crippen molar-refractivity contribution in [1.29, 1.82) is 0 Å². The lowest BCUT2D eigenvalue weighted by molar-refractivity contribution is 0.110. The molecule has 1 aromatic rings. The quantitative estimate of drug-likeness (QED) is 0.571. The van der Waals surface area contributed by atoms with Crippen molar-refractivity contribution < 1.29 is 23.1 Å². The molecular formula is C7H4F3NO2. The SMILES string of the molecule is O=Cc1nc(F)c(O)cc1C(F)F. The zero-order valence-electron chi connectivity index (χ0n) is 6.17. The van der Waals surface area contributed by atoms with E-state index in [1.54, 1.807) is 0 Å². The molecule has 0 saturated heterocycles. The molecule has 6 heteroatoms. The van der Waals surface area contributed by atoms with Gasteiger partial charge in [0.25, 0.3) is 12.4 Å². The Morgan fingerprint density at radius 2 is 2.15 bits per heavy atom. The summed E-state index contributed by atoms with van der Waals surface area (Å²) < 4.78 is 36.6. The third kappa shape index (κ3) is 1.77. The molecule has 0 bridgehead atoms. The monoisotopic (exact) mass is 191 g/mol. The molecule has 3 nitrogen and oxygen atoms in total. The molecule has 0 aromatic carbocycles. The minimum absolute atomic E-state index is 0.00398. The molecule has 0 unspecified atom stereocenters. The fourth-order valence-electron chi connectivity index (χ4n) is 0.778. The van der Waals surface area contributed by atoms with Gasteiger partial charge in [0.2, 0.25) is 0 Å². The molecule has 0 radical (unpaired) electrons. The van der Waals surface area contributed by atoms with Gasteiger partial charge in [-0.25, -0.2) is 13.8 Å². The highest BCUT2D eigenvalue weighted by molar-refractivity contribution is 5.74. The number of pyridine rings is 1. The molecule has 1 heterocycles. The normalized spacial score (nSPS) is 10.5. The lowest BCUT2D eigenvalue weighted by Gasteiger charge is -2.03. The summed E-state index contributed by atoms with van der Waals surface area (Å²) in [7, 11) is 0. The lowest BCUT2D eigenvalue weighted by Crippen LogP contribution is -1.99. The Morgan fingerprint density at radius 1 is 1.54 bits per heavy atom. The van der Waals surface area contributed by atoms with E-state index in [9.17, 15) is 18.0 Å². The fraction of sp³-hybridized carbons (Fsp3) is 0.143. The largest absolute Gasteiger partial charge is 0.504 e. The standard InChI is InChI=1S/C7H4F3NO2/c8-6(9)3-1-5(13)7(10)11-4(3)2-12/h1-2,6,13H. The molecule has 1 aromatic heterocycles. The van der Waals surface area contributed by atoms with Gasteiger partial charge in [0.1, 0.15) is 5.69 Å². The number of hydrogen-bond acceptors (Lipinski definition) is 3. The first-order valence-corrected chi connectivity index (χ1v) is 3.19. The van der Waals surface area contributed by atoms with Crippen LogP contribution in [0.4, 0.5) is 13.2 Å². The lowest BCUT2D eigenvalue weighted by atomic mass is 10.2. The Morgan fingerprint density at radius 3 is 2.62 bits per heavy atom. The van der Waals surface area contributed by atoms with Crippen molar-refractivity contribution in [2.75, 3.05) is 0 Å². The minimum Gasteiger partial charge on any atom is -0.504 e. The van der Waals surface area contributed by atoms with Gasteiger partial charge >= 0.3 is 0 Å². The number of rotatable bonds is 2. The molecular weight excluding hydrogens is 187 g/mol. The Hall–Kier alpha value is -1.59. The Balaban J connectivity index is 3.32. The zero-order chi connectivity index (χ0) is 10.0. The van der Waals surface area contributed by atoms with E-state index in [-0.39, 0.29) is 6.29 Å².